The number of anilines is 1. The van der Waals surface area contributed by atoms with Gasteiger partial charge in [0.25, 0.3) is 5.78 Å². The highest BCUT2D eigenvalue weighted by Gasteiger charge is 2.48. The van der Waals surface area contributed by atoms with Crippen molar-refractivity contribution in [3.8, 4) is 5.75 Å². The fourth-order valence-electron chi connectivity index (χ4n) is 6.05. The van der Waals surface area contributed by atoms with Crippen molar-refractivity contribution in [3.63, 3.8) is 0 Å². The Morgan fingerprint density at radius 1 is 1.02 bits per heavy atom. The average molecular weight is 634 g/mol. The molecule has 1 fully saturated rings. The van der Waals surface area contributed by atoms with Gasteiger partial charge in [0.15, 0.2) is 4.34 Å². The van der Waals surface area contributed by atoms with Crippen molar-refractivity contribution >= 4 is 56.5 Å². The van der Waals surface area contributed by atoms with Gasteiger partial charge in [0, 0.05) is 17.7 Å². The largest absolute Gasteiger partial charge is 0.507 e. The van der Waals surface area contributed by atoms with Crippen LogP contribution in [-0.4, -0.2) is 33.1 Å². The molecule has 9 heteroatoms. The molecule has 5 aromatic rings. The minimum atomic E-state index is -0.862. The number of carbonyl (C=O) groups excluding carboxylic acids is 2. The molecule has 0 aliphatic carbocycles. The second kappa shape index (κ2) is 11.8. The maximum absolute atomic E-state index is 13.7. The van der Waals surface area contributed by atoms with E-state index >= 15 is 0 Å². The average Bonchev–Trinajstić information content (AvgIpc) is 3.74. The number of aliphatic hydroxyl groups excluding tert-OH is 1. The van der Waals surface area contributed by atoms with Gasteiger partial charge in [0.2, 0.25) is 5.13 Å². The number of hydrogen-bond acceptors (Lipinski definition) is 8. The quantitative estimate of drug-likeness (QED) is 0.0637. The summed E-state index contributed by atoms with van der Waals surface area (Å²) in [6.07, 6.45) is 0.738. The maximum Gasteiger partial charge on any atom is 0.301 e. The van der Waals surface area contributed by atoms with E-state index in [9.17, 15) is 14.7 Å². The number of ketones is 1. The Morgan fingerprint density at radius 2 is 1.80 bits per heavy atom. The predicted octanol–water partition coefficient (Wildman–Crippen LogP) is 8.06. The van der Waals surface area contributed by atoms with Crippen molar-refractivity contribution in [1.29, 1.82) is 0 Å². The first-order chi connectivity index (χ1) is 21.8. The van der Waals surface area contributed by atoms with Gasteiger partial charge in [-0.3, -0.25) is 14.5 Å². The summed E-state index contributed by atoms with van der Waals surface area (Å²) in [5.41, 5.74) is 4.47. The Morgan fingerprint density at radius 3 is 2.60 bits per heavy atom. The molecule has 2 atom stereocenters. The Labute approximate surface area is 269 Å². The molecule has 0 radical (unpaired) electrons. The van der Waals surface area contributed by atoms with Gasteiger partial charge in [-0.2, -0.15) is 0 Å². The van der Waals surface area contributed by atoms with Crippen molar-refractivity contribution in [2.45, 2.75) is 55.3 Å². The number of ether oxygens (including phenoxy) is 1. The van der Waals surface area contributed by atoms with Crippen LogP contribution in [0.5, 0.6) is 5.75 Å². The Kier molecular flexibility index (Phi) is 7.67. The maximum atomic E-state index is 13.7. The van der Waals surface area contributed by atoms with E-state index in [1.807, 2.05) is 55.5 Å². The molecule has 1 saturated heterocycles. The Balaban J connectivity index is 1.26. The van der Waals surface area contributed by atoms with Gasteiger partial charge in [-0.1, -0.05) is 104 Å². The zero-order valence-corrected chi connectivity index (χ0v) is 26.7. The summed E-state index contributed by atoms with van der Waals surface area (Å²) in [4.78, 5) is 28.8. The highest BCUT2D eigenvalue weighted by atomic mass is 32.2. The zero-order valence-electron chi connectivity index (χ0n) is 25.1. The number of thioether (sulfide) groups is 1. The SMILES string of the molecule is CC(C)c1ccc([C@H]2/C(=C(\O)c3ccc4c(c3)C[C@@H](C)O4)C(=O)C(=O)N2c2nnc(SCc3cccc4ccccc34)s2)cc1. The van der Waals surface area contributed by atoms with Crippen LogP contribution in [0.3, 0.4) is 0 Å². The third-order valence-corrected chi connectivity index (χ3v) is 10.5. The van der Waals surface area contributed by atoms with Crippen LogP contribution in [0.2, 0.25) is 0 Å². The van der Waals surface area contributed by atoms with E-state index in [0.717, 1.165) is 16.9 Å². The molecule has 4 aromatic carbocycles. The number of rotatable bonds is 7. The van der Waals surface area contributed by atoms with Crippen molar-refractivity contribution in [2.24, 2.45) is 0 Å². The van der Waals surface area contributed by atoms with Crippen LogP contribution >= 0.6 is 23.1 Å². The highest BCUT2D eigenvalue weighted by Crippen LogP contribution is 2.45. The lowest BCUT2D eigenvalue weighted by Crippen LogP contribution is -2.29. The van der Waals surface area contributed by atoms with Crippen LogP contribution in [0.4, 0.5) is 5.13 Å². The first-order valence-electron chi connectivity index (χ1n) is 14.9. The fraction of sp³-hybridized carbons (Fsp3) is 0.222. The summed E-state index contributed by atoms with van der Waals surface area (Å²) in [6.45, 7) is 6.21. The smallest absolute Gasteiger partial charge is 0.301 e. The van der Waals surface area contributed by atoms with E-state index in [4.69, 9.17) is 4.74 Å². The number of amides is 1. The standard InChI is InChI=1S/C36H31N3O4S2/c1-20(2)22-11-13-24(14-12-22)31-30(32(40)25-15-16-29-27(18-25)17-21(3)43-29)33(41)34(42)39(31)35-37-38-36(45-35)44-19-26-9-6-8-23-7-4-5-10-28(23)26/h4-16,18,20-21,31,40H,17,19H2,1-3H3/b32-30+/t21-,31+/m1/s1. The van der Waals surface area contributed by atoms with Crippen LogP contribution in [0.1, 0.15) is 60.5 Å². The monoisotopic (exact) mass is 633 g/mol. The molecule has 0 saturated carbocycles. The van der Waals surface area contributed by atoms with Crippen molar-refractivity contribution < 1.29 is 19.4 Å². The summed E-state index contributed by atoms with van der Waals surface area (Å²) < 4.78 is 6.51. The number of aromatic nitrogens is 2. The Hall–Kier alpha value is -4.47. The number of nitrogens with zero attached hydrogens (tertiary/aromatic N) is 3. The topological polar surface area (TPSA) is 92.6 Å². The molecule has 0 unspecified atom stereocenters. The zero-order chi connectivity index (χ0) is 31.2. The number of benzene rings is 4. The molecule has 1 amide bonds. The number of carbonyl (C=O) groups is 2. The van der Waals surface area contributed by atoms with Gasteiger partial charge in [-0.25, -0.2) is 0 Å². The van der Waals surface area contributed by atoms with Crippen LogP contribution in [0.15, 0.2) is 94.8 Å². The van der Waals surface area contributed by atoms with Gasteiger partial charge >= 0.3 is 5.91 Å². The van der Waals surface area contributed by atoms with Crippen LogP contribution in [0.25, 0.3) is 16.5 Å². The summed E-state index contributed by atoms with van der Waals surface area (Å²) in [7, 11) is 0. The van der Waals surface area contributed by atoms with Gasteiger partial charge in [0.05, 0.1) is 11.6 Å². The van der Waals surface area contributed by atoms with Gasteiger partial charge in [0.1, 0.15) is 17.6 Å². The molecule has 1 aromatic heterocycles. The lowest BCUT2D eigenvalue weighted by atomic mass is 9.93. The summed E-state index contributed by atoms with van der Waals surface area (Å²) in [5, 5.41) is 23.1. The molecule has 3 heterocycles. The van der Waals surface area contributed by atoms with Crippen LogP contribution in [-0.2, 0) is 21.8 Å². The van der Waals surface area contributed by atoms with E-state index in [1.54, 1.807) is 12.1 Å². The van der Waals surface area contributed by atoms with Gasteiger partial charge in [-0.05, 0) is 64.1 Å². The molecular weight excluding hydrogens is 603 g/mol. The molecule has 7 nitrogen and oxygen atoms in total. The molecule has 0 spiro atoms. The van der Waals surface area contributed by atoms with E-state index in [1.165, 1.54) is 44.3 Å². The van der Waals surface area contributed by atoms with E-state index in [0.29, 0.717) is 38.7 Å². The molecule has 226 valence electrons. The molecule has 2 aliphatic heterocycles. The molecule has 2 aliphatic rings. The molecule has 7 rings (SSSR count). The first kappa shape index (κ1) is 29.3. The normalized spacial score (nSPS) is 19.0. The number of Topliss-reactive ketones (excluding diaryl/α,β-unsaturated/α-hetero) is 1. The summed E-state index contributed by atoms with van der Waals surface area (Å²) >= 11 is 2.80. The van der Waals surface area contributed by atoms with E-state index in [-0.39, 0.29) is 17.4 Å². The Bertz CT molecular complexity index is 1980. The molecule has 0 bridgehead atoms. The molecular formula is C36H31N3O4S2. The molecule has 45 heavy (non-hydrogen) atoms. The lowest BCUT2D eigenvalue weighted by Gasteiger charge is -2.23. The lowest BCUT2D eigenvalue weighted by molar-refractivity contribution is -0.132. The van der Waals surface area contributed by atoms with Crippen molar-refractivity contribution in [3.05, 3.63) is 118 Å². The van der Waals surface area contributed by atoms with E-state index in [2.05, 4.69) is 48.3 Å². The van der Waals surface area contributed by atoms with Crippen LogP contribution in [0, 0.1) is 0 Å². The second-order valence-corrected chi connectivity index (χ2v) is 13.9. The predicted molar refractivity (Wildman–Crippen MR) is 179 cm³/mol. The molecule has 1 N–H and O–H groups in total. The van der Waals surface area contributed by atoms with Crippen LogP contribution < -0.4 is 9.64 Å². The van der Waals surface area contributed by atoms with Gasteiger partial charge < -0.3 is 9.84 Å². The third-order valence-electron chi connectivity index (χ3n) is 8.37. The summed E-state index contributed by atoms with van der Waals surface area (Å²) in [5.74, 6) is 0.0418. The van der Waals surface area contributed by atoms with Gasteiger partial charge in [-0.15, -0.1) is 10.2 Å². The first-order valence-corrected chi connectivity index (χ1v) is 16.7. The van der Waals surface area contributed by atoms with Crippen molar-refractivity contribution in [1.82, 2.24) is 10.2 Å². The minimum Gasteiger partial charge on any atom is -0.507 e. The summed E-state index contributed by atoms with van der Waals surface area (Å²) in [6, 6.07) is 26.8. The number of aliphatic hydroxyl groups is 1. The third kappa shape index (κ3) is 5.40. The minimum absolute atomic E-state index is 0.0318. The highest BCUT2D eigenvalue weighted by molar-refractivity contribution is 8.00. The second-order valence-electron chi connectivity index (χ2n) is 11.7. The van der Waals surface area contributed by atoms with Crippen molar-refractivity contribution in [2.75, 3.05) is 4.90 Å². The number of hydrogen-bond donors (Lipinski definition) is 1. The van der Waals surface area contributed by atoms with E-state index < -0.39 is 17.7 Å². The number of fused-ring (bicyclic) bond motifs is 2. The fourth-order valence-corrected chi connectivity index (χ4v) is 7.92.